The van der Waals surface area contributed by atoms with Crippen LogP contribution in [-0.2, 0) is 7.05 Å². The van der Waals surface area contributed by atoms with E-state index >= 15 is 0 Å². The molecular weight excluding hydrogens is 244 g/mol. The summed E-state index contributed by atoms with van der Waals surface area (Å²) in [5, 5.41) is 1.87. The van der Waals surface area contributed by atoms with Crippen LogP contribution in [0.25, 0.3) is 10.9 Å². The number of aryl methyl sites for hydroxylation is 1. The minimum absolute atomic E-state index is 0.591. The Morgan fingerprint density at radius 2 is 2.11 bits per heavy atom. The number of aromatic nitrogens is 2. The summed E-state index contributed by atoms with van der Waals surface area (Å²) < 4.78 is 2.17. The summed E-state index contributed by atoms with van der Waals surface area (Å²) in [6.45, 7) is 2.36. The quantitative estimate of drug-likeness (QED) is 0.728. The van der Waals surface area contributed by atoms with Crippen LogP contribution >= 0.6 is 11.6 Å². The highest BCUT2D eigenvalue weighted by Gasteiger charge is 2.25. The van der Waals surface area contributed by atoms with Crippen LogP contribution in [0.4, 0.5) is 0 Å². The van der Waals surface area contributed by atoms with Crippen molar-refractivity contribution in [2.24, 2.45) is 13.0 Å². The number of rotatable bonds is 2. The van der Waals surface area contributed by atoms with Crippen molar-refractivity contribution < 1.29 is 0 Å². The zero-order chi connectivity index (χ0) is 12.7. The van der Waals surface area contributed by atoms with Crippen LogP contribution in [0.2, 0.25) is 5.15 Å². The Balaban J connectivity index is 2.07. The van der Waals surface area contributed by atoms with Gasteiger partial charge in [0.2, 0.25) is 0 Å². The van der Waals surface area contributed by atoms with Gasteiger partial charge in [0.15, 0.2) is 0 Å². The highest BCUT2D eigenvalue weighted by molar-refractivity contribution is 6.30. The maximum atomic E-state index is 6.04. The molecule has 96 valence electrons. The highest BCUT2D eigenvalue weighted by Crippen LogP contribution is 2.40. The van der Waals surface area contributed by atoms with Crippen molar-refractivity contribution in [2.45, 2.75) is 38.5 Å². The lowest BCUT2D eigenvalue weighted by molar-refractivity contribution is 0.462. The third kappa shape index (κ3) is 1.93. The van der Waals surface area contributed by atoms with E-state index in [2.05, 4.69) is 29.7 Å². The molecule has 2 heterocycles. The van der Waals surface area contributed by atoms with E-state index in [0.717, 1.165) is 5.92 Å². The molecular formula is C15H19ClN2. The fourth-order valence-electron chi connectivity index (χ4n) is 3.36. The molecule has 3 rings (SSSR count). The maximum Gasteiger partial charge on any atom is 0.129 e. The van der Waals surface area contributed by atoms with Crippen molar-refractivity contribution >= 4 is 22.5 Å². The van der Waals surface area contributed by atoms with Crippen molar-refractivity contribution in [3.8, 4) is 0 Å². The molecule has 1 fully saturated rings. The van der Waals surface area contributed by atoms with E-state index in [1.165, 1.54) is 42.1 Å². The zero-order valence-electron chi connectivity index (χ0n) is 11.0. The zero-order valence-corrected chi connectivity index (χ0v) is 11.7. The molecule has 0 radical (unpaired) electrons. The topological polar surface area (TPSA) is 17.8 Å². The van der Waals surface area contributed by atoms with Gasteiger partial charge in [0, 0.05) is 18.6 Å². The van der Waals surface area contributed by atoms with Gasteiger partial charge in [0.05, 0.1) is 11.7 Å². The van der Waals surface area contributed by atoms with Gasteiger partial charge in [0.1, 0.15) is 5.15 Å². The minimum atomic E-state index is 0.591. The molecule has 0 aliphatic heterocycles. The van der Waals surface area contributed by atoms with Crippen LogP contribution in [0.3, 0.4) is 0 Å². The second kappa shape index (κ2) is 4.58. The van der Waals surface area contributed by atoms with Gasteiger partial charge in [-0.3, -0.25) is 0 Å². The van der Waals surface area contributed by atoms with Crippen LogP contribution in [0.1, 0.15) is 44.1 Å². The van der Waals surface area contributed by atoms with Gasteiger partial charge in [-0.25, -0.2) is 4.98 Å². The molecule has 1 aliphatic rings. The predicted octanol–water partition coefficient (Wildman–Crippen LogP) is 4.52. The molecule has 0 bridgehead atoms. The number of pyridine rings is 1. The Labute approximate surface area is 113 Å². The Bertz CT molecular complexity index is 567. The molecule has 0 saturated heterocycles. The summed E-state index contributed by atoms with van der Waals surface area (Å²) in [6.07, 6.45) is 9.66. The molecule has 1 saturated carbocycles. The molecule has 0 N–H and O–H groups in total. The molecule has 1 atom stereocenters. The van der Waals surface area contributed by atoms with Crippen LogP contribution < -0.4 is 0 Å². The summed E-state index contributed by atoms with van der Waals surface area (Å²) >= 11 is 6.04. The lowest BCUT2D eigenvalue weighted by Crippen LogP contribution is -2.05. The number of hydrogen-bond donors (Lipinski definition) is 0. The summed E-state index contributed by atoms with van der Waals surface area (Å²) in [5.74, 6) is 1.46. The predicted molar refractivity (Wildman–Crippen MR) is 76.1 cm³/mol. The Morgan fingerprint density at radius 3 is 2.83 bits per heavy atom. The fourth-order valence-corrected chi connectivity index (χ4v) is 3.51. The van der Waals surface area contributed by atoms with Gasteiger partial charge in [-0.1, -0.05) is 31.4 Å². The van der Waals surface area contributed by atoms with E-state index < -0.39 is 0 Å². The van der Waals surface area contributed by atoms with Crippen molar-refractivity contribution in [1.82, 2.24) is 9.55 Å². The summed E-state index contributed by atoms with van der Waals surface area (Å²) in [7, 11) is 2.09. The van der Waals surface area contributed by atoms with Gasteiger partial charge < -0.3 is 4.57 Å². The van der Waals surface area contributed by atoms with Crippen LogP contribution in [0.15, 0.2) is 18.5 Å². The largest absolute Gasteiger partial charge is 0.349 e. The Hall–Kier alpha value is -1.02. The van der Waals surface area contributed by atoms with Gasteiger partial charge in [-0.05, 0) is 36.3 Å². The smallest absolute Gasteiger partial charge is 0.129 e. The van der Waals surface area contributed by atoms with Gasteiger partial charge in [0.25, 0.3) is 0 Å². The Morgan fingerprint density at radius 1 is 1.39 bits per heavy atom. The second-order valence-electron chi connectivity index (χ2n) is 5.55. The van der Waals surface area contributed by atoms with Crippen molar-refractivity contribution in [3.05, 3.63) is 29.2 Å². The number of halogens is 1. The third-order valence-electron chi connectivity index (χ3n) is 4.47. The van der Waals surface area contributed by atoms with Crippen LogP contribution in [0, 0.1) is 5.92 Å². The first-order valence-electron chi connectivity index (χ1n) is 6.77. The molecule has 2 aromatic heterocycles. The molecule has 3 heteroatoms. The lowest BCUT2D eigenvalue weighted by atomic mass is 9.86. The standard InChI is InChI=1S/C15H19ClN2/c1-10(11-5-3-4-6-11)13-9-18(2)14-8-17-15(16)7-12(13)14/h7-11H,3-6H2,1-2H3. The van der Waals surface area contributed by atoms with Crippen LogP contribution in [-0.4, -0.2) is 9.55 Å². The molecule has 2 nitrogen and oxygen atoms in total. The van der Waals surface area contributed by atoms with Crippen molar-refractivity contribution in [3.63, 3.8) is 0 Å². The maximum absolute atomic E-state index is 6.04. The van der Waals surface area contributed by atoms with E-state index in [9.17, 15) is 0 Å². The number of fused-ring (bicyclic) bond motifs is 1. The SMILES string of the molecule is CC(c1cn(C)c2cnc(Cl)cc12)C1CCCC1. The van der Waals surface area contributed by atoms with E-state index in [1.807, 2.05) is 12.3 Å². The summed E-state index contributed by atoms with van der Waals surface area (Å²) in [5.41, 5.74) is 2.61. The number of nitrogens with zero attached hydrogens (tertiary/aromatic N) is 2. The summed E-state index contributed by atoms with van der Waals surface area (Å²) in [4.78, 5) is 4.18. The average Bonchev–Trinajstić information content (AvgIpc) is 2.97. The molecule has 0 spiro atoms. The summed E-state index contributed by atoms with van der Waals surface area (Å²) in [6, 6.07) is 2.01. The molecule has 2 aromatic rings. The third-order valence-corrected chi connectivity index (χ3v) is 4.68. The van der Waals surface area contributed by atoms with E-state index in [-0.39, 0.29) is 0 Å². The van der Waals surface area contributed by atoms with Gasteiger partial charge in [-0.15, -0.1) is 0 Å². The van der Waals surface area contributed by atoms with E-state index in [1.54, 1.807) is 0 Å². The monoisotopic (exact) mass is 262 g/mol. The number of hydrogen-bond acceptors (Lipinski definition) is 1. The van der Waals surface area contributed by atoms with E-state index in [0.29, 0.717) is 11.1 Å². The van der Waals surface area contributed by atoms with Crippen molar-refractivity contribution in [1.29, 1.82) is 0 Å². The van der Waals surface area contributed by atoms with E-state index in [4.69, 9.17) is 11.6 Å². The first-order chi connectivity index (χ1) is 8.66. The fraction of sp³-hybridized carbons (Fsp3) is 0.533. The molecule has 0 aromatic carbocycles. The molecule has 18 heavy (non-hydrogen) atoms. The average molecular weight is 263 g/mol. The second-order valence-corrected chi connectivity index (χ2v) is 5.94. The Kier molecular flexibility index (Phi) is 3.06. The highest BCUT2D eigenvalue weighted by atomic mass is 35.5. The molecule has 1 unspecified atom stereocenters. The first kappa shape index (κ1) is 12.0. The van der Waals surface area contributed by atoms with Gasteiger partial charge >= 0.3 is 0 Å². The lowest BCUT2D eigenvalue weighted by Gasteiger charge is -2.18. The minimum Gasteiger partial charge on any atom is -0.349 e. The normalized spacial score (nSPS) is 18.6. The van der Waals surface area contributed by atoms with Crippen LogP contribution in [0.5, 0.6) is 0 Å². The van der Waals surface area contributed by atoms with Crippen molar-refractivity contribution in [2.75, 3.05) is 0 Å². The van der Waals surface area contributed by atoms with Gasteiger partial charge in [-0.2, -0.15) is 0 Å². The molecule has 0 amide bonds. The first-order valence-corrected chi connectivity index (χ1v) is 7.15. The molecule has 1 aliphatic carbocycles.